The molecule has 0 heterocycles. The summed E-state index contributed by atoms with van der Waals surface area (Å²) in [5.74, 6) is 2.19. The molecule has 6 rings (SSSR count). The Morgan fingerprint density at radius 3 is 1.28 bits per heavy atom. The van der Waals surface area contributed by atoms with Crippen molar-refractivity contribution in [2.24, 2.45) is 0 Å². The van der Waals surface area contributed by atoms with Crippen LogP contribution in [0.15, 0.2) is 83.9 Å². The second kappa shape index (κ2) is 14.4. The zero-order valence-corrected chi connectivity index (χ0v) is 31.8. The molecule has 0 aromatic heterocycles. The third kappa shape index (κ3) is 6.17. The maximum atomic E-state index is 2.60. The van der Waals surface area contributed by atoms with Gasteiger partial charge in [0.1, 0.15) is 0 Å². The van der Waals surface area contributed by atoms with Crippen LogP contribution in [-0.4, -0.2) is 9.52 Å². The van der Waals surface area contributed by atoms with Crippen LogP contribution in [0.3, 0.4) is 0 Å². The fourth-order valence-corrected chi connectivity index (χ4v) is 11.3. The summed E-state index contributed by atoms with van der Waals surface area (Å²) in [5, 5.41) is 0. The standard InChI is InChI=1S/C46H56Si/c1-9-31-21-23-37-41(45(31)39-19-15-13-17-35(39)29(5)6)25-33(11-3)43(37)27-47-28-44-34(12-4)26-42-38(44)24-22-32(10-2)46(42)40-20-16-14-18-36(40)30(7)8/h13-26,29-30,43-44H,9-12,27-28,47H2,1-8H3. The van der Waals surface area contributed by atoms with Gasteiger partial charge in [0.25, 0.3) is 0 Å². The summed E-state index contributed by atoms with van der Waals surface area (Å²) in [6.07, 6.45) is 9.64. The van der Waals surface area contributed by atoms with Gasteiger partial charge in [-0.1, -0.05) is 164 Å². The molecule has 0 spiro atoms. The van der Waals surface area contributed by atoms with Gasteiger partial charge in [-0.3, -0.25) is 0 Å². The predicted molar refractivity (Wildman–Crippen MR) is 211 cm³/mol. The first-order valence-corrected chi connectivity index (χ1v) is 20.7. The Morgan fingerprint density at radius 2 is 0.915 bits per heavy atom. The van der Waals surface area contributed by atoms with Crippen molar-refractivity contribution in [1.82, 2.24) is 0 Å². The lowest BCUT2D eigenvalue weighted by atomic mass is 9.84. The van der Waals surface area contributed by atoms with E-state index in [1.165, 1.54) is 67.7 Å². The number of hydrogen-bond donors (Lipinski definition) is 0. The van der Waals surface area contributed by atoms with Crippen LogP contribution >= 0.6 is 0 Å². The number of allylic oxidation sites excluding steroid dienone is 2. The maximum Gasteiger partial charge on any atom is 0.0218 e. The molecule has 244 valence electrons. The monoisotopic (exact) mass is 636 g/mol. The van der Waals surface area contributed by atoms with Crippen molar-refractivity contribution in [3.8, 4) is 22.3 Å². The van der Waals surface area contributed by atoms with Gasteiger partial charge in [0.05, 0.1) is 0 Å². The molecular formula is C46H56Si. The smallest absolute Gasteiger partial charge is 0.0218 e. The molecule has 2 aliphatic carbocycles. The summed E-state index contributed by atoms with van der Waals surface area (Å²) in [6, 6.07) is 31.0. The van der Waals surface area contributed by atoms with Crippen molar-refractivity contribution in [3.63, 3.8) is 0 Å². The number of aryl methyl sites for hydroxylation is 2. The zero-order valence-electron chi connectivity index (χ0n) is 30.3. The summed E-state index contributed by atoms with van der Waals surface area (Å²) in [6.45, 7) is 18.7. The van der Waals surface area contributed by atoms with E-state index in [9.17, 15) is 0 Å². The molecule has 0 bridgehead atoms. The molecule has 0 saturated carbocycles. The summed E-state index contributed by atoms with van der Waals surface area (Å²) >= 11 is 0. The van der Waals surface area contributed by atoms with E-state index >= 15 is 0 Å². The van der Waals surface area contributed by atoms with Gasteiger partial charge >= 0.3 is 0 Å². The van der Waals surface area contributed by atoms with Crippen LogP contribution in [0, 0.1) is 0 Å². The fraction of sp³-hybridized carbons (Fsp3) is 0.391. The van der Waals surface area contributed by atoms with Crippen molar-refractivity contribution in [2.75, 3.05) is 0 Å². The minimum Gasteiger partial charge on any atom is -0.0626 e. The van der Waals surface area contributed by atoms with Crippen molar-refractivity contribution in [2.45, 2.75) is 117 Å². The second-order valence-electron chi connectivity index (χ2n) is 14.6. The van der Waals surface area contributed by atoms with Gasteiger partial charge in [-0.2, -0.15) is 0 Å². The van der Waals surface area contributed by atoms with Crippen LogP contribution in [0.5, 0.6) is 0 Å². The van der Waals surface area contributed by atoms with E-state index in [0.29, 0.717) is 23.7 Å². The molecule has 1 heteroatoms. The number of fused-ring (bicyclic) bond motifs is 2. The Labute approximate surface area is 288 Å². The first kappa shape index (κ1) is 33.5. The highest BCUT2D eigenvalue weighted by Crippen LogP contribution is 2.49. The van der Waals surface area contributed by atoms with Crippen molar-refractivity contribution in [3.05, 3.63) is 128 Å². The van der Waals surface area contributed by atoms with Crippen LogP contribution in [0.4, 0.5) is 0 Å². The maximum absolute atomic E-state index is 2.60. The van der Waals surface area contributed by atoms with E-state index in [4.69, 9.17) is 0 Å². The first-order chi connectivity index (χ1) is 22.8. The lowest BCUT2D eigenvalue weighted by molar-refractivity contribution is 0.829. The quantitative estimate of drug-likeness (QED) is 0.136. The van der Waals surface area contributed by atoms with Crippen molar-refractivity contribution in [1.29, 1.82) is 0 Å². The Morgan fingerprint density at radius 1 is 0.511 bits per heavy atom. The van der Waals surface area contributed by atoms with Gasteiger partial charge in [0.15, 0.2) is 0 Å². The highest BCUT2D eigenvalue weighted by molar-refractivity contribution is 6.36. The number of rotatable bonds is 12. The lowest BCUT2D eigenvalue weighted by Crippen LogP contribution is -2.08. The Balaban J connectivity index is 1.32. The average Bonchev–Trinajstić information content (AvgIpc) is 3.64. The predicted octanol–water partition coefficient (Wildman–Crippen LogP) is 12.9. The highest BCUT2D eigenvalue weighted by Gasteiger charge is 2.31. The third-order valence-electron chi connectivity index (χ3n) is 11.3. The first-order valence-electron chi connectivity index (χ1n) is 18.7. The Bertz CT molecular complexity index is 1680. The summed E-state index contributed by atoms with van der Waals surface area (Å²) in [4.78, 5) is 0. The van der Waals surface area contributed by atoms with Gasteiger partial charge in [-0.15, -0.1) is 0 Å². The normalized spacial score (nSPS) is 17.1. The third-order valence-corrected chi connectivity index (χ3v) is 13.3. The lowest BCUT2D eigenvalue weighted by Gasteiger charge is -2.23. The molecular weight excluding hydrogens is 581 g/mol. The van der Waals surface area contributed by atoms with Crippen LogP contribution in [0.2, 0.25) is 12.1 Å². The van der Waals surface area contributed by atoms with Gasteiger partial charge in [0, 0.05) is 21.4 Å². The highest BCUT2D eigenvalue weighted by atomic mass is 28.2. The van der Waals surface area contributed by atoms with Gasteiger partial charge < -0.3 is 0 Å². The summed E-state index contributed by atoms with van der Waals surface area (Å²) < 4.78 is 0. The minimum absolute atomic E-state index is 0.312. The van der Waals surface area contributed by atoms with Crippen LogP contribution in [0.1, 0.15) is 136 Å². The minimum atomic E-state index is -0.312. The van der Waals surface area contributed by atoms with Gasteiger partial charge in [-0.05, 0) is 104 Å². The Kier molecular flexibility index (Phi) is 10.2. The van der Waals surface area contributed by atoms with Crippen LogP contribution < -0.4 is 0 Å². The molecule has 0 N–H and O–H groups in total. The van der Waals surface area contributed by atoms with E-state index in [0.717, 1.165) is 25.7 Å². The summed E-state index contributed by atoms with van der Waals surface area (Å²) in [5.41, 5.74) is 21.4. The van der Waals surface area contributed by atoms with Gasteiger partial charge in [-0.25, -0.2) is 0 Å². The zero-order chi connectivity index (χ0) is 33.2. The van der Waals surface area contributed by atoms with E-state index in [1.807, 2.05) is 0 Å². The largest absolute Gasteiger partial charge is 0.0626 e. The van der Waals surface area contributed by atoms with E-state index < -0.39 is 0 Å². The molecule has 0 aliphatic heterocycles. The average molecular weight is 637 g/mol. The molecule has 47 heavy (non-hydrogen) atoms. The molecule has 0 saturated heterocycles. The topological polar surface area (TPSA) is 0 Å². The fourth-order valence-electron chi connectivity index (χ4n) is 8.84. The molecule has 2 unspecified atom stereocenters. The number of hydrogen-bond acceptors (Lipinski definition) is 0. The molecule has 4 aromatic carbocycles. The molecule has 0 fully saturated rings. The molecule has 0 amide bonds. The van der Waals surface area contributed by atoms with E-state index in [1.54, 1.807) is 22.3 Å². The van der Waals surface area contributed by atoms with E-state index in [2.05, 4.69) is 140 Å². The van der Waals surface area contributed by atoms with Crippen molar-refractivity contribution >= 4 is 21.7 Å². The molecule has 2 atom stereocenters. The number of benzene rings is 4. The van der Waals surface area contributed by atoms with Crippen LogP contribution in [-0.2, 0) is 12.8 Å². The Hall–Kier alpha value is -3.42. The van der Waals surface area contributed by atoms with E-state index in [-0.39, 0.29) is 9.52 Å². The SMILES string of the molecule is CCC1=Cc2c(ccc(CC)c2-c2ccccc2C(C)C)C1C[SiH2]CC1C(CC)=Cc2c1ccc(CC)c2-c1ccccc1C(C)C. The molecule has 0 nitrogen and oxygen atoms in total. The van der Waals surface area contributed by atoms with Gasteiger partial charge in [0.2, 0.25) is 0 Å². The van der Waals surface area contributed by atoms with Crippen LogP contribution in [0.25, 0.3) is 34.4 Å². The molecule has 4 aromatic rings. The second-order valence-corrected chi connectivity index (χ2v) is 16.4. The summed E-state index contributed by atoms with van der Waals surface area (Å²) in [7, 11) is -0.312. The molecule has 2 aliphatic rings. The van der Waals surface area contributed by atoms with Crippen molar-refractivity contribution < 1.29 is 0 Å². The molecule has 0 radical (unpaired) electrons.